The summed E-state index contributed by atoms with van der Waals surface area (Å²) in [6, 6.07) is 13.7. The SMILES string of the molecule is COc1ccc(S(=O)(=O)Nc2nc3ccccc3nc2N2CCCC2)cc1. The number of ether oxygens (including phenoxy) is 1. The lowest BCUT2D eigenvalue weighted by Gasteiger charge is -2.20. The van der Waals surface area contributed by atoms with Gasteiger partial charge < -0.3 is 9.64 Å². The molecule has 0 amide bonds. The molecular weight excluding hydrogens is 364 g/mol. The average molecular weight is 384 g/mol. The Labute approximate surface area is 158 Å². The topological polar surface area (TPSA) is 84.4 Å². The summed E-state index contributed by atoms with van der Waals surface area (Å²) in [7, 11) is -2.26. The van der Waals surface area contributed by atoms with Gasteiger partial charge in [-0.25, -0.2) is 18.4 Å². The maximum atomic E-state index is 12.9. The molecule has 0 atom stereocenters. The van der Waals surface area contributed by atoms with Gasteiger partial charge in [0.1, 0.15) is 5.75 Å². The lowest BCUT2D eigenvalue weighted by molar-refractivity contribution is 0.414. The maximum Gasteiger partial charge on any atom is 0.263 e. The molecule has 8 heteroatoms. The molecule has 2 aromatic carbocycles. The molecule has 1 aliphatic rings. The van der Waals surface area contributed by atoms with E-state index in [9.17, 15) is 8.42 Å². The van der Waals surface area contributed by atoms with Crippen molar-refractivity contribution < 1.29 is 13.2 Å². The molecule has 0 saturated carbocycles. The maximum absolute atomic E-state index is 12.9. The first kappa shape index (κ1) is 17.5. The Hall–Kier alpha value is -2.87. The van der Waals surface area contributed by atoms with E-state index in [2.05, 4.69) is 19.6 Å². The molecule has 3 aromatic rings. The lowest BCUT2D eigenvalue weighted by atomic mass is 10.3. The summed E-state index contributed by atoms with van der Waals surface area (Å²) >= 11 is 0. The molecule has 1 N–H and O–H groups in total. The van der Waals surface area contributed by atoms with E-state index in [-0.39, 0.29) is 10.7 Å². The van der Waals surface area contributed by atoms with Crippen molar-refractivity contribution in [2.75, 3.05) is 29.8 Å². The van der Waals surface area contributed by atoms with Crippen LogP contribution in [0.15, 0.2) is 53.4 Å². The molecule has 4 rings (SSSR count). The average Bonchev–Trinajstić information content (AvgIpc) is 3.22. The molecule has 0 spiro atoms. The Kier molecular flexibility index (Phi) is 4.57. The fourth-order valence-electron chi connectivity index (χ4n) is 3.15. The molecule has 0 unspecified atom stereocenters. The minimum atomic E-state index is -3.79. The number of hydrogen-bond acceptors (Lipinski definition) is 6. The summed E-state index contributed by atoms with van der Waals surface area (Å²) < 4.78 is 33.4. The van der Waals surface area contributed by atoms with E-state index in [1.165, 1.54) is 19.2 Å². The van der Waals surface area contributed by atoms with Crippen molar-refractivity contribution in [3.8, 4) is 5.75 Å². The Bertz CT molecular complexity index is 1060. The molecular formula is C19H20N4O3S. The Balaban J connectivity index is 1.75. The summed E-state index contributed by atoms with van der Waals surface area (Å²) in [6.07, 6.45) is 2.11. The van der Waals surface area contributed by atoms with Crippen molar-refractivity contribution in [2.24, 2.45) is 0 Å². The summed E-state index contributed by atoms with van der Waals surface area (Å²) in [5, 5.41) is 0. The number of nitrogens with zero attached hydrogens (tertiary/aromatic N) is 3. The fraction of sp³-hybridized carbons (Fsp3) is 0.263. The molecule has 140 valence electrons. The molecule has 0 radical (unpaired) electrons. The van der Waals surface area contributed by atoms with Crippen LogP contribution in [0, 0.1) is 0 Å². The number of sulfonamides is 1. The Morgan fingerprint density at radius 2 is 1.59 bits per heavy atom. The number of aromatic nitrogens is 2. The number of methoxy groups -OCH3 is 1. The summed E-state index contributed by atoms with van der Waals surface area (Å²) in [6.45, 7) is 1.68. The zero-order chi connectivity index (χ0) is 18.9. The van der Waals surface area contributed by atoms with Crippen molar-refractivity contribution in [1.29, 1.82) is 0 Å². The fourth-order valence-corrected chi connectivity index (χ4v) is 4.15. The first-order valence-electron chi connectivity index (χ1n) is 8.75. The molecule has 0 aliphatic carbocycles. The van der Waals surface area contributed by atoms with E-state index in [1.54, 1.807) is 12.1 Å². The molecule has 1 aliphatic heterocycles. The lowest BCUT2D eigenvalue weighted by Crippen LogP contribution is -2.23. The van der Waals surface area contributed by atoms with Gasteiger partial charge in [0.2, 0.25) is 0 Å². The number of rotatable bonds is 5. The second kappa shape index (κ2) is 7.03. The number of benzene rings is 2. The van der Waals surface area contributed by atoms with Crippen LogP contribution in [0.2, 0.25) is 0 Å². The van der Waals surface area contributed by atoms with Gasteiger partial charge in [-0.15, -0.1) is 0 Å². The van der Waals surface area contributed by atoms with E-state index >= 15 is 0 Å². The van der Waals surface area contributed by atoms with Crippen LogP contribution < -0.4 is 14.4 Å². The van der Waals surface area contributed by atoms with E-state index < -0.39 is 10.0 Å². The minimum Gasteiger partial charge on any atom is -0.497 e. The highest BCUT2D eigenvalue weighted by Crippen LogP contribution is 2.29. The smallest absolute Gasteiger partial charge is 0.263 e. The first-order chi connectivity index (χ1) is 13.1. The zero-order valence-electron chi connectivity index (χ0n) is 14.9. The molecule has 7 nitrogen and oxygen atoms in total. The normalized spacial score (nSPS) is 14.5. The third-order valence-electron chi connectivity index (χ3n) is 4.56. The van der Waals surface area contributed by atoms with Gasteiger partial charge in [0, 0.05) is 13.1 Å². The third-order valence-corrected chi connectivity index (χ3v) is 5.91. The van der Waals surface area contributed by atoms with Crippen molar-refractivity contribution in [1.82, 2.24) is 9.97 Å². The Morgan fingerprint density at radius 3 is 2.22 bits per heavy atom. The van der Waals surface area contributed by atoms with E-state index in [4.69, 9.17) is 4.74 Å². The third kappa shape index (κ3) is 3.52. The van der Waals surface area contributed by atoms with Crippen LogP contribution in [0.1, 0.15) is 12.8 Å². The van der Waals surface area contributed by atoms with Gasteiger partial charge in [-0.3, -0.25) is 4.72 Å². The largest absolute Gasteiger partial charge is 0.497 e. The van der Waals surface area contributed by atoms with Crippen LogP contribution in [-0.4, -0.2) is 38.6 Å². The number of para-hydroxylation sites is 2. The van der Waals surface area contributed by atoms with Gasteiger partial charge in [-0.2, -0.15) is 0 Å². The molecule has 1 saturated heterocycles. The first-order valence-corrected chi connectivity index (χ1v) is 10.2. The summed E-state index contributed by atoms with van der Waals surface area (Å²) in [5.74, 6) is 1.42. The van der Waals surface area contributed by atoms with Crippen LogP contribution in [0.5, 0.6) is 5.75 Å². The molecule has 27 heavy (non-hydrogen) atoms. The van der Waals surface area contributed by atoms with Crippen LogP contribution in [-0.2, 0) is 10.0 Å². The predicted molar refractivity (Wildman–Crippen MR) is 105 cm³/mol. The van der Waals surface area contributed by atoms with Crippen LogP contribution >= 0.6 is 0 Å². The summed E-state index contributed by atoms with van der Waals surface area (Å²) in [5.41, 5.74) is 1.39. The molecule has 1 fully saturated rings. The number of fused-ring (bicyclic) bond motifs is 1. The highest BCUT2D eigenvalue weighted by atomic mass is 32.2. The van der Waals surface area contributed by atoms with E-state index in [0.29, 0.717) is 17.1 Å². The van der Waals surface area contributed by atoms with Gasteiger partial charge in [0.15, 0.2) is 11.6 Å². The molecule has 0 bridgehead atoms. The van der Waals surface area contributed by atoms with Crippen molar-refractivity contribution in [3.63, 3.8) is 0 Å². The van der Waals surface area contributed by atoms with Crippen LogP contribution in [0.4, 0.5) is 11.6 Å². The zero-order valence-corrected chi connectivity index (χ0v) is 15.7. The number of anilines is 2. The van der Waals surface area contributed by atoms with Crippen molar-refractivity contribution >= 4 is 32.7 Å². The van der Waals surface area contributed by atoms with Crippen molar-refractivity contribution in [2.45, 2.75) is 17.7 Å². The van der Waals surface area contributed by atoms with E-state index in [0.717, 1.165) is 31.4 Å². The monoisotopic (exact) mass is 384 g/mol. The number of nitrogens with one attached hydrogen (secondary N) is 1. The quantitative estimate of drug-likeness (QED) is 0.728. The van der Waals surface area contributed by atoms with Crippen molar-refractivity contribution in [3.05, 3.63) is 48.5 Å². The van der Waals surface area contributed by atoms with Gasteiger partial charge in [0.05, 0.1) is 23.0 Å². The summed E-state index contributed by atoms with van der Waals surface area (Å²) in [4.78, 5) is 11.4. The number of hydrogen-bond donors (Lipinski definition) is 1. The van der Waals surface area contributed by atoms with Gasteiger partial charge in [0.25, 0.3) is 10.0 Å². The molecule has 1 aromatic heterocycles. The molecule has 2 heterocycles. The second-order valence-electron chi connectivity index (χ2n) is 6.36. The highest BCUT2D eigenvalue weighted by molar-refractivity contribution is 7.92. The highest BCUT2D eigenvalue weighted by Gasteiger charge is 2.23. The Morgan fingerprint density at radius 1 is 0.963 bits per heavy atom. The predicted octanol–water partition coefficient (Wildman–Crippen LogP) is 3.04. The van der Waals surface area contributed by atoms with Gasteiger partial charge in [-0.1, -0.05) is 12.1 Å². The van der Waals surface area contributed by atoms with Gasteiger partial charge in [-0.05, 0) is 49.2 Å². The second-order valence-corrected chi connectivity index (χ2v) is 8.04. The minimum absolute atomic E-state index is 0.144. The van der Waals surface area contributed by atoms with Crippen LogP contribution in [0.25, 0.3) is 11.0 Å². The standard InChI is InChI=1S/C19H20N4O3S/c1-26-14-8-10-15(11-9-14)27(24,25)22-18-19(23-12-4-5-13-23)21-17-7-3-2-6-16(17)20-18/h2-3,6-11H,4-5,12-13H2,1H3,(H,20,22). The van der Waals surface area contributed by atoms with E-state index in [1.807, 2.05) is 24.3 Å². The van der Waals surface area contributed by atoms with Gasteiger partial charge >= 0.3 is 0 Å². The van der Waals surface area contributed by atoms with Crippen LogP contribution in [0.3, 0.4) is 0 Å².